The predicted octanol–water partition coefficient (Wildman–Crippen LogP) is 0.205. The fourth-order valence-corrected chi connectivity index (χ4v) is 2.45. The summed E-state index contributed by atoms with van der Waals surface area (Å²) in [7, 11) is 3.92. The zero-order valence-corrected chi connectivity index (χ0v) is 12.8. The number of carbonyl (C=O) groups excluding carboxylic acids is 2. The van der Waals surface area contributed by atoms with Gasteiger partial charge in [0, 0.05) is 39.3 Å². The maximum atomic E-state index is 12.4. The number of nitrogens with zero attached hydrogens (tertiary/aromatic N) is 3. The average molecular weight is 290 g/mol. The fourth-order valence-electron chi connectivity index (χ4n) is 2.45. The Morgan fingerprint density at radius 3 is 2.90 bits per heavy atom. The molecule has 1 aromatic rings. The Kier molecular flexibility index (Phi) is 4.90. The molecule has 114 valence electrons. The Morgan fingerprint density at radius 2 is 2.24 bits per heavy atom. The van der Waals surface area contributed by atoms with Gasteiger partial charge >= 0.3 is 0 Å². The van der Waals surface area contributed by atoms with E-state index in [2.05, 4.69) is 10.3 Å². The summed E-state index contributed by atoms with van der Waals surface area (Å²) in [6.07, 6.45) is 1.70. The van der Waals surface area contributed by atoms with E-state index in [1.807, 2.05) is 31.1 Å². The minimum Gasteiger partial charge on any atom is -0.354 e. The number of aromatic nitrogens is 1. The zero-order valence-electron chi connectivity index (χ0n) is 12.8. The van der Waals surface area contributed by atoms with E-state index in [-0.39, 0.29) is 17.7 Å². The summed E-state index contributed by atoms with van der Waals surface area (Å²) in [4.78, 5) is 32.1. The lowest BCUT2D eigenvalue weighted by molar-refractivity contribution is -0.131. The molecular weight excluding hydrogens is 268 g/mol. The molecule has 0 fully saturated rings. The summed E-state index contributed by atoms with van der Waals surface area (Å²) in [5.74, 6) is -0.473. The van der Waals surface area contributed by atoms with Crippen LogP contribution < -0.4 is 5.32 Å². The van der Waals surface area contributed by atoms with Gasteiger partial charge in [0.15, 0.2) is 0 Å². The number of hydrogen-bond donors (Lipinski definition) is 1. The van der Waals surface area contributed by atoms with Crippen molar-refractivity contribution in [2.75, 3.05) is 33.7 Å². The molecule has 6 nitrogen and oxygen atoms in total. The first kappa shape index (κ1) is 15.4. The summed E-state index contributed by atoms with van der Waals surface area (Å²) < 4.78 is 0. The van der Waals surface area contributed by atoms with Crippen LogP contribution in [0.3, 0.4) is 0 Å². The van der Waals surface area contributed by atoms with Crippen molar-refractivity contribution < 1.29 is 9.59 Å². The molecule has 0 saturated heterocycles. The Bertz CT molecular complexity index is 530. The lowest BCUT2D eigenvalue weighted by Gasteiger charge is -2.32. The summed E-state index contributed by atoms with van der Waals surface area (Å²) >= 11 is 0. The molecule has 21 heavy (non-hydrogen) atoms. The molecule has 1 aliphatic rings. The minimum atomic E-state index is -0.388. The molecule has 2 heterocycles. The first-order valence-electron chi connectivity index (χ1n) is 7.10. The van der Waals surface area contributed by atoms with Crippen LogP contribution in [0.2, 0.25) is 0 Å². The standard InChI is InChI=1S/C15H22N4O2/c1-11(20)19-9-12-5-4-6-16-14(12)13(10-19)15(21)17-7-8-18(2)3/h4-6,13H,7-10H2,1-3H3,(H,17,21). The van der Waals surface area contributed by atoms with E-state index in [1.54, 1.807) is 11.1 Å². The van der Waals surface area contributed by atoms with Gasteiger partial charge in [-0.05, 0) is 25.7 Å². The van der Waals surface area contributed by atoms with E-state index in [0.29, 0.717) is 19.6 Å². The number of carbonyl (C=O) groups is 2. The van der Waals surface area contributed by atoms with E-state index in [1.165, 1.54) is 6.92 Å². The Balaban J connectivity index is 2.13. The molecule has 1 unspecified atom stereocenters. The van der Waals surface area contributed by atoms with Gasteiger partial charge in [0.1, 0.15) is 0 Å². The van der Waals surface area contributed by atoms with Crippen molar-refractivity contribution in [3.8, 4) is 0 Å². The van der Waals surface area contributed by atoms with Crippen molar-refractivity contribution in [2.45, 2.75) is 19.4 Å². The Morgan fingerprint density at radius 1 is 1.48 bits per heavy atom. The summed E-state index contributed by atoms with van der Waals surface area (Å²) in [6, 6.07) is 3.76. The Hall–Kier alpha value is -1.95. The van der Waals surface area contributed by atoms with E-state index >= 15 is 0 Å². The third-order valence-electron chi connectivity index (χ3n) is 3.64. The number of amides is 2. The van der Waals surface area contributed by atoms with Gasteiger partial charge < -0.3 is 15.1 Å². The first-order valence-corrected chi connectivity index (χ1v) is 7.10. The molecule has 1 atom stereocenters. The minimum absolute atomic E-state index is 0.0180. The first-order chi connectivity index (χ1) is 9.99. The van der Waals surface area contributed by atoms with Gasteiger partial charge in [0.05, 0.1) is 11.6 Å². The van der Waals surface area contributed by atoms with Crippen LogP contribution >= 0.6 is 0 Å². The van der Waals surface area contributed by atoms with Crippen LogP contribution in [0.15, 0.2) is 18.3 Å². The number of hydrogen-bond acceptors (Lipinski definition) is 4. The molecule has 6 heteroatoms. The van der Waals surface area contributed by atoms with Crippen molar-refractivity contribution >= 4 is 11.8 Å². The molecule has 1 aliphatic heterocycles. The van der Waals surface area contributed by atoms with Crippen LogP contribution in [0, 0.1) is 0 Å². The van der Waals surface area contributed by atoms with Gasteiger partial charge in [-0.25, -0.2) is 0 Å². The van der Waals surface area contributed by atoms with Crippen LogP contribution in [0.1, 0.15) is 24.1 Å². The second kappa shape index (κ2) is 6.67. The normalized spacial score (nSPS) is 17.5. The molecule has 2 rings (SSSR count). The van der Waals surface area contributed by atoms with E-state index in [0.717, 1.165) is 17.8 Å². The highest BCUT2D eigenvalue weighted by atomic mass is 16.2. The largest absolute Gasteiger partial charge is 0.354 e. The van der Waals surface area contributed by atoms with Crippen LogP contribution in [-0.2, 0) is 16.1 Å². The second-order valence-electron chi connectivity index (χ2n) is 5.59. The van der Waals surface area contributed by atoms with Crippen LogP contribution in [0.4, 0.5) is 0 Å². The van der Waals surface area contributed by atoms with E-state index in [9.17, 15) is 9.59 Å². The number of nitrogens with one attached hydrogen (secondary N) is 1. The SMILES string of the molecule is CC(=O)N1Cc2cccnc2C(C(=O)NCCN(C)C)C1. The van der Waals surface area contributed by atoms with Crippen LogP contribution in [0.5, 0.6) is 0 Å². The lowest BCUT2D eigenvalue weighted by Crippen LogP contribution is -2.44. The summed E-state index contributed by atoms with van der Waals surface area (Å²) in [6.45, 7) is 3.82. The quantitative estimate of drug-likeness (QED) is 0.860. The molecule has 0 aliphatic carbocycles. The lowest BCUT2D eigenvalue weighted by atomic mass is 9.94. The number of likely N-dealkylation sites (N-methyl/N-ethyl adjacent to an activating group) is 1. The summed E-state index contributed by atoms with van der Waals surface area (Å²) in [5.41, 5.74) is 1.74. The van der Waals surface area contributed by atoms with Crippen molar-refractivity contribution in [1.29, 1.82) is 0 Å². The highest BCUT2D eigenvalue weighted by molar-refractivity contribution is 5.85. The number of fused-ring (bicyclic) bond motifs is 1. The van der Waals surface area contributed by atoms with Gasteiger partial charge in [-0.2, -0.15) is 0 Å². The van der Waals surface area contributed by atoms with Gasteiger partial charge in [-0.15, -0.1) is 0 Å². The molecule has 0 saturated carbocycles. The smallest absolute Gasteiger partial charge is 0.231 e. The van der Waals surface area contributed by atoms with E-state index in [4.69, 9.17) is 0 Å². The molecule has 1 aromatic heterocycles. The van der Waals surface area contributed by atoms with Crippen LogP contribution in [0.25, 0.3) is 0 Å². The Labute approximate surface area is 125 Å². The highest BCUT2D eigenvalue weighted by Crippen LogP contribution is 2.26. The van der Waals surface area contributed by atoms with Gasteiger partial charge in [0.25, 0.3) is 0 Å². The zero-order chi connectivity index (χ0) is 15.4. The van der Waals surface area contributed by atoms with Gasteiger partial charge in [-0.1, -0.05) is 6.07 Å². The third-order valence-corrected chi connectivity index (χ3v) is 3.64. The molecule has 0 aromatic carbocycles. The molecule has 0 bridgehead atoms. The average Bonchev–Trinajstić information content (AvgIpc) is 2.45. The van der Waals surface area contributed by atoms with Gasteiger partial charge in [0.2, 0.25) is 11.8 Å². The predicted molar refractivity (Wildman–Crippen MR) is 79.6 cm³/mol. The second-order valence-corrected chi connectivity index (χ2v) is 5.59. The molecule has 0 spiro atoms. The molecule has 1 N–H and O–H groups in total. The molecule has 0 radical (unpaired) electrons. The van der Waals surface area contributed by atoms with Crippen molar-refractivity contribution in [3.63, 3.8) is 0 Å². The van der Waals surface area contributed by atoms with Crippen molar-refractivity contribution in [3.05, 3.63) is 29.6 Å². The summed E-state index contributed by atoms with van der Waals surface area (Å²) in [5, 5.41) is 2.93. The van der Waals surface area contributed by atoms with E-state index < -0.39 is 0 Å². The molecular formula is C15H22N4O2. The van der Waals surface area contributed by atoms with Gasteiger partial charge in [-0.3, -0.25) is 14.6 Å². The monoisotopic (exact) mass is 290 g/mol. The fraction of sp³-hybridized carbons (Fsp3) is 0.533. The molecule has 2 amide bonds. The maximum absolute atomic E-state index is 12.4. The number of rotatable bonds is 4. The third kappa shape index (κ3) is 3.78. The van der Waals surface area contributed by atoms with Crippen molar-refractivity contribution in [1.82, 2.24) is 20.1 Å². The maximum Gasteiger partial charge on any atom is 0.231 e. The van der Waals surface area contributed by atoms with Crippen molar-refractivity contribution in [2.24, 2.45) is 0 Å². The van der Waals surface area contributed by atoms with Crippen LogP contribution in [-0.4, -0.2) is 60.3 Å². The number of pyridine rings is 1. The highest BCUT2D eigenvalue weighted by Gasteiger charge is 2.32. The topological polar surface area (TPSA) is 65.5 Å².